The molecule has 0 saturated carbocycles. The van der Waals surface area contributed by atoms with E-state index in [-0.39, 0.29) is 17.7 Å². The van der Waals surface area contributed by atoms with Crippen LogP contribution in [0.3, 0.4) is 0 Å². The largest absolute Gasteiger partial charge is 0.466 e. The molecule has 2 fully saturated rings. The maximum Gasteiger partial charge on any atom is 0.410 e. The van der Waals surface area contributed by atoms with Gasteiger partial charge in [-0.3, -0.25) is 4.90 Å². The number of hydrogen-bond donors (Lipinski definition) is 0. The Kier molecular flexibility index (Phi) is 2.63. The summed E-state index contributed by atoms with van der Waals surface area (Å²) in [6.45, 7) is 2.68. The van der Waals surface area contributed by atoms with Gasteiger partial charge in [0.1, 0.15) is 18.1 Å². The van der Waals surface area contributed by atoms with Crippen molar-refractivity contribution in [2.24, 2.45) is 0 Å². The zero-order valence-electron chi connectivity index (χ0n) is 12.0. The maximum absolute atomic E-state index is 12.2. The molecule has 4 heteroatoms. The lowest BCUT2D eigenvalue weighted by molar-refractivity contribution is 0.0388. The molecule has 0 radical (unpaired) electrons. The molecule has 0 bridgehead atoms. The third kappa shape index (κ3) is 1.51. The highest BCUT2D eigenvalue weighted by Gasteiger charge is 2.53. The summed E-state index contributed by atoms with van der Waals surface area (Å²) >= 11 is 0. The van der Waals surface area contributed by atoms with Crippen LogP contribution in [0.4, 0.5) is 4.79 Å². The Balaban J connectivity index is 1.84. The van der Waals surface area contributed by atoms with E-state index in [0.29, 0.717) is 6.61 Å². The van der Waals surface area contributed by atoms with Crippen LogP contribution in [0.2, 0.25) is 0 Å². The summed E-state index contributed by atoms with van der Waals surface area (Å²) < 4.78 is 11.3. The Morgan fingerprint density at radius 2 is 2.25 bits per heavy atom. The molecule has 0 N–H and O–H groups in total. The predicted octanol–water partition coefficient (Wildman–Crippen LogP) is 3.38. The Hall–Kier alpha value is -1.45. The van der Waals surface area contributed by atoms with Crippen LogP contribution in [-0.2, 0) is 23.1 Å². The van der Waals surface area contributed by atoms with E-state index in [2.05, 4.69) is 13.0 Å². The SMILES string of the molecule is CCc1cc2c(o1)CCC[C@]21CCC[C@H]2COC(=O)N21. The lowest BCUT2D eigenvalue weighted by Crippen LogP contribution is -2.54. The van der Waals surface area contributed by atoms with Gasteiger partial charge in [-0.05, 0) is 38.2 Å². The van der Waals surface area contributed by atoms with Crippen molar-refractivity contribution < 1.29 is 13.9 Å². The normalized spacial score (nSPS) is 32.1. The number of piperidine rings is 1. The number of furan rings is 1. The Morgan fingerprint density at radius 1 is 1.40 bits per heavy atom. The van der Waals surface area contributed by atoms with Gasteiger partial charge in [0.25, 0.3) is 0 Å². The lowest BCUT2D eigenvalue weighted by Gasteiger charge is -2.48. The monoisotopic (exact) mass is 275 g/mol. The van der Waals surface area contributed by atoms with Crippen LogP contribution in [0.25, 0.3) is 0 Å². The first-order valence-corrected chi connectivity index (χ1v) is 7.83. The fourth-order valence-corrected chi connectivity index (χ4v) is 4.37. The summed E-state index contributed by atoms with van der Waals surface area (Å²) in [5.74, 6) is 2.15. The van der Waals surface area contributed by atoms with E-state index in [4.69, 9.17) is 9.15 Å². The van der Waals surface area contributed by atoms with E-state index in [0.717, 1.165) is 50.0 Å². The Bertz CT molecular complexity index is 550. The quantitative estimate of drug-likeness (QED) is 0.789. The van der Waals surface area contributed by atoms with Gasteiger partial charge in [0.2, 0.25) is 0 Å². The third-order valence-corrected chi connectivity index (χ3v) is 5.25. The molecule has 1 aromatic rings. The van der Waals surface area contributed by atoms with E-state index < -0.39 is 0 Å². The Morgan fingerprint density at radius 3 is 3.10 bits per heavy atom. The topological polar surface area (TPSA) is 42.7 Å². The van der Waals surface area contributed by atoms with Crippen molar-refractivity contribution in [1.29, 1.82) is 0 Å². The molecule has 4 nitrogen and oxygen atoms in total. The maximum atomic E-state index is 12.2. The average Bonchev–Trinajstić information content (AvgIpc) is 3.05. The number of fused-ring (bicyclic) bond motifs is 4. The molecule has 1 aromatic heterocycles. The first-order chi connectivity index (χ1) is 9.74. The van der Waals surface area contributed by atoms with Gasteiger partial charge < -0.3 is 9.15 Å². The first-order valence-electron chi connectivity index (χ1n) is 7.83. The number of ether oxygens (including phenoxy) is 1. The van der Waals surface area contributed by atoms with Crippen LogP contribution in [-0.4, -0.2) is 23.6 Å². The highest BCUT2D eigenvalue weighted by molar-refractivity contribution is 5.72. The van der Waals surface area contributed by atoms with Crippen molar-refractivity contribution in [1.82, 2.24) is 4.90 Å². The van der Waals surface area contributed by atoms with E-state index in [1.807, 2.05) is 4.90 Å². The van der Waals surface area contributed by atoms with Gasteiger partial charge in [-0.15, -0.1) is 0 Å². The van der Waals surface area contributed by atoms with Crippen molar-refractivity contribution in [3.05, 3.63) is 23.2 Å². The number of cyclic esters (lactones) is 1. The minimum absolute atomic E-state index is 0.123. The van der Waals surface area contributed by atoms with Gasteiger partial charge in [-0.1, -0.05) is 6.92 Å². The number of nitrogens with zero attached hydrogens (tertiary/aromatic N) is 1. The number of aryl methyl sites for hydroxylation is 2. The van der Waals surface area contributed by atoms with E-state index in [1.54, 1.807) is 0 Å². The molecular weight excluding hydrogens is 254 g/mol. The molecule has 4 rings (SSSR count). The van der Waals surface area contributed by atoms with Crippen LogP contribution in [0.1, 0.15) is 56.1 Å². The summed E-state index contributed by atoms with van der Waals surface area (Å²) in [7, 11) is 0. The third-order valence-electron chi connectivity index (χ3n) is 5.25. The standard InChI is InChI=1S/C16H21NO3/c1-2-12-9-13-14(20-12)6-4-8-16(13)7-3-5-11-10-19-15(18)17(11)16/h9,11H,2-8,10H2,1H3/t11-,16+/m0/s1. The number of rotatable bonds is 1. The fraction of sp³-hybridized carbons (Fsp3) is 0.688. The summed E-state index contributed by atoms with van der Waals surface area (Å²) in [6, 6.07) is 2.46. The minimum Gasteiger partial charge on any atom is -0.466 e. The van der Waals surface area contributed by atoms with E-state index in [1.165, 1.54) is 12.0 Å². The number of hydrogen-bond acceptors (Lipinski definition) is 3. The molecule has 1 aliphatic carbocycles. The minimum atomic E-state index is -0.152. The molecule has 1 amide bonds. The molecule has 3 aliphatic rings. The van der Waals surface area contributed by atoms with Crippen molar-refractivity contribution >= 4 is 6.09 Å². The predicted molar refractivity (Wildman–Crippen MR) is 73.5 cm³/mol. The molecular formula is C16H21NO3. The van der Waals surface area contributed by atoms with Crippen LogP contribution in [0.15, 0.2) is 10.5 Å². The first kappa shape index (κ1) is 12.3. The highest BCUT2D eigenvalue weighted by Crippen LogP contribution is 2.50. The zero-order chi connectivity index (χ0) is 13.7. The average molecular weight is 275 g/mol. The summed E-state index contributed by atoms with van der Waals surface area (Å²) in [5.41, 5.74) is 1.12. The molecule has 2 atom stereocenters. The second-order valence-corrected chi connectivity index (χ2v) is 6.28. The number of carbonyl (C=O) groups excluding carboxylic acids is 1. The molecule has 1 spiro atoms. The molecule has 3 heterocycles. The van der Waals surface area contributed by atoms with Crippen LogP contribution >= 0.6 is 0 Å². The molecule has 20 heavy (non-hydrogen) atoms. The second kappa shape index (κ2) is 4.27. The summed E-state index contributed by atoms with van der Waals surface area (Å²) in [6.07, 6.45) is 7.23. The van der Waals surface area contributed by atoms with E-state index >= 15 is 0 Å². The van der Waals surface area contributed by atoms with Crippen molar-refractivity contribution in [2.75, 3.05) is 6.61 Å². The molecule has 2 saturated heterocycles. The van der Waals surface area contributed by atoms with Crippen molar-refractivity contribution in [2.45, 2.75) is 63.5 Å². The molecule has 0 unspecified atom stereocenters. The number of carbonyl (C=O) groups is 1. The van der Waals surface area contributed by atoms with Gasteiger partial charge >= 0.3 is 6.09 Å². The fourth-order valence-electron chi connectivity index (χ4n) is 4.37. The van der Waals surface area contributed by atoms with Crippen LogP contribution in [0, 0.1) is 0 Å². The van der Waals surface area contributed by atoms with Gasteiger partial charge in [0.05, 0.1) is 11.6 Å². The molecule has 0 aromatic carbocycles. The van der Waals surface area contributed by atoms with Crippen LogP contribution in [0.5, 0.6) is 0 Å². The zero-order valence-corrected chi connectivity index (χ0v) is 12.0. The lowest BCUT2D eigenvalue weighted by atomic mass is 9.72. The van der Waals surface area contributed by atoms with Gasteiger partial charge in [0, 0.05) is 18.4 Å². The Labute approximate surface area is 119 Å². The smallest absolute Gasteiger partial charge is 0.410 e. The van der Waals surface area contributed by atoms with Crippen LogP contribution < -0.4 is 0 Å². The van der Waals surface area contributed by atoms with Gasteiger partial charge in [-0.25, -0.2) is 4.79 Å². The van der Waals surface area contributed by atoms with Crippen molar-refractivity contribution in [3.63, 3.8) is 0 Å². The molecule has 2 aliphatic heterocycles. The summed E-state index contributed by atoms with van der Waals surface area (Å²) in [5, 5.41) is 0. The van der Waals surface area contributed by atoms with Gasteiger partial charge in [0.15, 0.2) is 0 Å². The van der Waals surface area contributed by atoms with Crippen molar-refractivity contribution in [3.8, 4) is 0 Å². The van der Waals surface area contributed by atoms with E-state index in [9.17, 15) is 4.79 Å². The number of amides is 1. The highest BCUT2D eigenvalue weighted by atomic mass is 16.6. The molecule has 108 valence electrons. The summed E-state index contributed by atoms with van der Waals surface area (Å²) in [4.78, 5) is 14.3. The van der Waals surface area contributed by atoms with Gasteiger partial charge in [-0.2, -0.15) is 0 Å². The second-order valence-electron chi connectivity index (χ2n) is 6.28.